The molecule has 0 bridgehead atoms. The molecule has 1 aliphatic rings. The molecule has 0 spiro atoms. The second kappa shape index (κ2) is 9.09. The average molecular weight is 396 g/mol. The zero-order valence-corrected chi connectivity index (χ0v) is 17.3. The molecule has 0 atom stereocenters. The van der Waals surface area contributed by atoms with Crippen molar-refractivity contribution < 1.29 is 14.3 Å². The number of hydrogen-bond donors (Lipinski definition) is 2. The molecule has 0 aromatic heterocycles. The third-order valence-electron chi connectivity index (χ3n) is 4.67. The van der Waals surface area contributed by atoms with Gasteiger partial charge in [-0.05, 0) is 62.6 Å². The van der Waals surface area contributed by atoms with Gasteiger partial charge in [-0.3, -0.25) is 4.79 Å². The summed E-state index contributed by atoms with van der Waals surface area (Å²) in [4.78, 5) is 26.5. The summed E-state index contributed by atoms with van der Waals surface area (Å²) in [6.45, 7) is 8.42. The quantitative estimate of drug-likeness (QED) is 0.721. The summed E-state index contributed by atoms with van der Waals surface area (Å²) in [5.41, 5.74) is 3.43. The van der Waals surface area contributed by atoms with E-state index in [-0.39, 0.29) is 17.5 Å². The van der Waals surface area contributed by atoms with Gasteiger partial charge in [-0.15, -0.1) is 0 Å². The highest BCUT2D eigenvalue weighted by atomic mass is 16.5. The molecule has 2 N–H and O–H groups in total. The third-order valence-corrected chi connectivity index (χ3v) is 4.67. The molecule has 6 heteroatoms. The minimum absolute atomic E-state index is 0.131. The smallest absolute Gasteiger partial charge is 0.322 e. The first-order chi connectivity index (χ1) is 13.8. The summed E-state index contributed by atoms with van der Waals surface area (Å²) in [6, 6.07) is 14.9. The zero-order valence-electron chi connectivity index (χ0n) is 17.3. The lowest BCUT2D eigenvalue weighted by Gasteiger charge is -2.19. The number of amides is 3. The molecule has 0 saturated carbocycles. The molecular weight excluding hydrogens is 366 g/mol. The van der Waals surface area contributed by atoms with E-state index in [0.29, 0.717) is 37.5 Å². The fourth-order valence-corrected chi connectivity index (χ4v) is 3.14. The molecule has 2 aromatic carbocycles. The molecule has 2 aromatic rings. The molecule has 0 aliphatic carbocycles. The average Bonchev–Trinajstić information content (AvgIpc) is 3.12. The molecule has 1 aliphatic heterocycles. The highest BCUT2D eigenvalue weighted by Crippen LogP contribution is 2.23. The first-order valence-electron chi connectivity index (χ1n) is 9.97. The Morgan fingerprint density at radius 1 is 1.00 bits per heavy atom. The minimum atomic E-state index is -0.165. The van der Waals surface area contributed by atoms with Crippen LogP contribution in [-0.2, 0) is 17.8 Å². The molecule has 0 unspecified atom stereocenters. The maximum Gasteiger partial charge on any atom is 0.322 e. The van der Waals surface area contributed by atoms with Crippen LogP contribution in [0.4, 0.5) is 10.5 Å². The van der Waals surface area contributed by atoms with Gasteiger partial charge in [0.2, 0.25) is 0 Å². The van der Waals surface area contributed by atoms with Crippen molar-refractivity contribution in [1.82, 2.24) is 10.2 Å². The molecule has 154 valence electrons. The van der Waals surface area contributed by atoms with Gasteiger partial charge in [0.15, 0.2) is 0 Å². The van der Waals surface area contributed by atoms with Crippen LogP contribution in [0.25, 0.3) is 0 Å². The van der Waals surface area contributed by atoms with Crippen LogP contribution in [0.3, 0.4) is 0 Å². The largest absolute Gasteiger partial charge is 0.376 e. The number of nitrogens with one attached hydrogen (secondary N) is 2. The normalized spacial score (nSPS) is 13.1. The van der Waals surface area contributed by atoms with Crippen LogP contribution in [0.2, 0.25) is 0 Å². The number of benzene rings is 2. The number of anilines is 1. The fourth-order valence-electron chi connectivity index (χ4n) is 3.14. The summed E-state index contributed by atoms with van der Waals surface area (Å²) in [5, 5.41) is 5.78. The lowest BCUT2D eigenvalue weighted by Crippen LogP contribution is -2.30. The Bertz CT molecular complexity index is 831. The Labute approximate surface area is 172 Å². The van der Waals surface area contributed by atoms with Crippen molar-refractivity contribution in [3.8, 4) is 0 Å². The van der Waals surface area contributed by atoms with Crippen molar-refractivity contribution in [2.45, 2.75) is 45.9 Å². The second-order valence-electron chi connectivity index (χ2n) is 8.20. The molecule has 0 saturated heterocycles. The Morgan fingerprint density at radius 2 is 1.62 bits per heavy atom. The van der Waals surface area contributed by atoms with Crippen molar-refractivity contribution in [2.24, 2.45) is 0 Å². The molecule has 1 heterocycles. The maximum absolute atomic E-state index is 12.5. The fraction of sp³-hybridized carbons (Fsp3) is 0.391. The highest BCUT2D eigenvalue weighted by Gasteiger charge is 2.22. The molecule has 29 heavy (non-hydrogen) atoms. The molecule has 0 radical (unpaired) electrons. The van der Waals surface area contributed by atoms with Gasteiger partial charge in [0.05, 0.1) is 5.60 Å². The first kappa shape index (κ1) is 20.9. The predicted molar refractivity (Wildman–Crippen MR) is 114 cm³/mol. The van der Waals surface area contributed by atoms with Gasteiger partial charge in [0.25, 0.3) is 5.91 Å². The van der Waals surface area contributed by atoms with E-state index in [9.17, 15) is 9.59 Å². The van der Waals surface area contributed by atoms with Gasteiger partial charge in [-0.1, -0.05) is 24.3 Å². The minimum Gasteiger partial charge on any atom is -0.376 e. The number of urea groups is 1. The summed E-state index contributed by atoms with van der Waals surface area (Å²) >= 11 is 0. The van der Waals surface area contributed by atoms with E-state index in [0.717, 1.165) is 6.42 Å². The number of nitrogens with zero attached hydrogens (tertiary/aromatic N) is 1. The van der Waals surface area contributed by atoms with Crippen molar-refractivity contribution in [2.75, 3.05) is 18.5 Å². The van der Waals surface area contributed by atoms with E-state index in [1.807, 2.05) is 45.0 Å². The molecule has 3 amide bonds. The summed E-state index contributed by atoms with van der Waals surface area (Å²) in [7, 11) is 0. The second-order valence-corrected chi connectivity index (χ2v) is 8.20. The van der Waals surface area contributed by atoms with Crippen LogP contribution in [0, 0.1) is 0 Å². The van der Waals surface area contributed by atoms with Crippen LogP contribution < -0.4 is 10.6 Å². The molecule has 0 fully saturated rings. The van der Waals surface area contributed by atoms with Crippen LogP contribution in [0.15, 0.2) is 48.5 Å². The van der Waals surface area contributed by atoms with E-state index in [1.54, 1.807) is 29.2 Å². The van der Waals surface area contributed by atoms with E-state index in [4.69, 9.17) is 4.74 Å². The summed E-state index contributed by atoms with van der Waals surface area (Å²) in [5.74, 6) is -0.131. The molecular formula is C23H29N3O3. The zero-order chi connectivity index (χ0) is 20.9. The topological polar surface area (TPSA) is 70.7 Å². The standard InChI is InChI=1S/C23H29N3O3/c1-23(2,3)29-14-6-13-24-21(27)17-9-11-20(12-10-17)25-22(28)26-15-18-7-4-5-8-19(18)16-26/h4-5,7-12H,6,13-16H2,1-3H3,(H,24,27)(H,25,28). The van der Waals surface area contributed by atoms with Gasteiger partial charge in [0.1, 0.15) is 0 Å². The van der Waals surface area contributed by atoms with Gasteiger partial charge >= 0.3 is 6.03 Å². The Morgan fingerprint density at radius 3 is 2.21 bits per heavy atom. The number of hydrogen-bond acceptors (Lipinski definition) is 3. The van der Waals surface area contributed by atoms with Crippen LogP contribution in [0.5, 0.6) is 0 Å². The SMILES string of the molecule is CC(C)(C)OCCCNC(=O)c1ccc(NC(=O)N2Cc3ccccc3C2)cc1. The van der Waals surface area contributed by atoms with Crippen molar-refractivity contribution >= 4 is 17.6 Å². The highest BCUT2D eigenvalue weighted by molar-refractivity contribution is 5.95. The van der Waals surface area contributed by atoms with Crippen LogP contribution in [0.1, 0.15) is 48.7 Å². The summed E-state index contributed by atoms with van der Waals surface area (Å²) in [6.07, 6.45) is 0.759. The van der Waals surface area contributed by atoms with Crippen LogP contribution in [-0.4, -0.2) is 35.6 Å². The summed E-state index contributed by atoms with van der Waals surface area (Å²) < 4.78 is 5.64. The van der Waals surface area contributed by atoms with E-state index < -0.39 is 0 Å². The van der Waals surface area contributed by atoms with Crippen molar-refractivity contribution in [3.63, 3.8) is 0 Å². The third kappa shape index (κ3) is 6.06. The van der Waals surface area contributed by atoms with Crippen molar-refractivity contribution in [3.05, 3.63) is 65.2 Å². The number of rotatable bonds is 6. The van der Waals surface area contributed by atoms with E-state index in [2.05, 4.69) is 10.6 Å². The number of carbonyl (C=O) groups excluding carboxylic acids is 2. The Hall–Kier alpha value is -2.86. The number of ether oxygens (including phenoxy) is 1. The van der Waals surface area contributed by atoms with E-state index >= 15 is 0 Å². The van der Waals surface area contributed by atoms with E-state index in [1.165, 1.54) is 11.1 Å². The van der Waals surface area contributed by atoms with Gasteiger partial charge in [-0.2, -0.15) is 0 Å². The van der Waals surface area contributed by atoms with Gasteiger partial charge in [0, 0.05) is 37.5 Å². The molecule has 3 rings (SSSR count). The van der Waals surface area contributed by atoms with Crippen LogP contribution >= 0.6 is 0 Å². The first-order valence-corrected chi connectivity index (χ1v) is 9.97. The Balaban J connectivity index is 1.44. The number of carbonyl (C=O) groups is 2. The monoisotopic (exact) mass is 395 g/mol. The van der Waals surface area contributed by atoms with Crippen molar-refractivity contribution in [1.29, 1.82) is 0 Å². The predicted octanol–water partition coefficient (Wildman–Crippen LogP) is 4.17. The maximum atomic E-state index is 12.5. The number of fused-ring (bicyclic) bond motifs is 1. The Kier molecular flexibility index (Phi) is 6.54. The van der Waals surface area contributed by atoms with Gasteiger partial charge < -0.3 is 20.3 Å². The molecule has 6 nitrogen and oxygen atoms in total. The van der Waals surface area contributed by atoms with Gasteiger partial charge in [-0.25, -0.2) is 4.79 Å². The lowest BCUT2D eigenvalue weighted by atomic mass is 10.1. The lowest BCUT2D eigenvalue weighted by molar-refractivity contribution is -0.00364.